The van der Waals surface area contributed by atoms with E-state index in [1.807, 2.05) is 6.07 Å². The van der Waals surface area contributed by atoms with Crippen molar-refractivity contribution in [1.29, 1.82) is 0 Å². The lowest BCUT2D eigenvalue weighted by Gasteiger charge is -2.07. The standard InChI is InChI=1S/C17H10F4N4O2/c18-13-5-9(8-26-11-6-10-3-4-22-14(10)23-7-11)1-2-12(13)15-24-16(27-25-15)17(19,20)21/h1-7H,8H2,(H,22,23). The van der Waals surface area contributed by atoms with Crippen LogP contribution in [-0.2, 0) is 12.8 Å². The lowest BCUT2D eigenvalue weighted by molar-refractivity contribution is -0.159. The fraction of sp³-hybridized carbons (Fsp3) is 0.118. The highest BCUT2D eigenvalue weighted by atomic mass is 19.4. The van der Waals surface area contributed by atoms with Gasteiger partial charge in [0.15, 0.2) is 0 Å². The molecule has 0 saturated heterocycles. The Balaban J connectivity index is 1.50. The van der Waals surface area contributed by atoms with E-state index in [9.17, 15) is 17.6 Å². The number of nitrogens with one attached hydrogen (secondary N) is 1. The van der Waals surface area contributed by atoms with Gasteiger partial charge >= 0.3 is 12.1 Å². The molecule has 3 heterocycles. The maximum Gasteiger partial charge on any atom is 0.471 e. The van der Waals surface area contributed by atoms with Gasteiger partial charge in [0, 0.05) is 11.6 Å². The summed E-state index contributed by atoms with van der Waals surface area (Å²) in [6.07, 6.45) is -1.51. The molecule has 0 aliphatic rings. The first-order valence-corrected chi connectivity index (χ1v) is 7.66. The van der Waals surface area contributed by atoms with Crippen LogP contribution in [0.4, 0.5) is 17.6 Å². The number of pyridine rings is 1. The summed E-state index contributed by atoms with van der Waals surface area (Å²) in [5.41, 5.74) is 0.995. The van der Waals surface area contributed by atoms with E-state index in [1.54, 1.807) is 12.3 Å². The van der Waals surface area contributed by atoms with Crippen LogP contribution in [0.3, 0.4) is 0 Å². The van der Waals surface area contributed by atoms with Gasteiger partial charge in [0.2, 0.25) is 5.82 Å². The summed E-state index contributed by atoms with van der Waals surface area (Å²) in [4.78, 5) is 10.3. The van der Waals surface area contributed by atoms with Crippen LogP contribution in [0.25, 0.3) is 22.4 Å². The maximum absolute atomic E-state index is 14.3. The highest BCUT2D eigenvalue weighted by Crippen LogP contribution is 2.30. The van der Waals surface area contributed by atoms with Crippen LogP contribution in [0.5, 0.6) is 5.75 Å². The average molecular weight is 378 g/mol. The summed E-state index contributed by atoms with van der Waals surface area (Å²) < 4.78 is 61.5. The Bertz CT molecular complexity index is 1100. The van der Waals surface area contributed by atoms with Crippen LogP contribution in [0.15, 0.2) is 47.2 Å². The van der Waals surface area contributed by atoms with Crippen LogP contribution >= 0.6 is 0 Å². The van der Waals surface area contributed by atoms with E-state index < -0.39 is 23.7 Å². The van der Waals surface area contributed by atoms with Crippen molar-refractivity contribution in [3.8, 4) is 17.1 Å². The molecule has 0 fully saturated rings. The number of hydrogen-bond donors (Lipinski definition) is 1. The molecule has 0 bridgehead atoms. The summed E-state index contributed by atoms with van der Waals surface area (Å²) in [6, 6.07) is 7.53. The molecule has 0 aliphatic heterocycles. The lowest BCUT2D eigenvalue weighted by Crippen LogP contribution is -2.05. The average Bonchev–Trinajstić information content (AvgIpc) is 3.28. The first kappa shape index (κ1) is 17.0. The predicted octanol–water partition coefficient (Wildman–Crippen LogP) is 4.35. The minimum atomic E-state index is -4.79. The van der Waals surface area contributed by atoms with Crippen LogP contribution in [-0.4, -0.2) is 20.1 Å². The van der Waals surface area contributed by atoms with Gasteiger partial charge < -0.3 is 14.2 Å². The molecule has 0 spiro atoms. The van der Waals surface area contributed by atoms with Crippen molar-refractivity contribution < 1.29 is 26.8 Å². The molecule has 1 aromatic carbocycles. The number of aromatic amines is 1. The second-order valence-corrected chi connectivity index (χ2v) is 5.61. The summed E-state index contributed by atoms with van der Waals surface area (Å²) >= 11 is 0. The van der Waals surface area contributed by atoms with Gasteiger partial charge in [0.05, 0.1) is 11.8 Å². The van der Waals surface area contributed by atoms with Crippen LogP contribution in [0.2, 0.25) is 0 Å². The largest absolute Gasteiger partial charge is 0.487 e. The zero-order valence-electron chi connectivity index (χ0n) is 13.4. The lowest BCUT2D eigenvalue weighted by atomic mass is 10.1. The SMILES string of the molecule is Fc1cc(COc2cnc3[nH]ccc3c2)ccc1-c1noc(C(F)(F)F)n1. The minimum Gasteiger partial charge on any atom is -0.487 e. The molecule has 138 valence electrons. The molecule has 0 radical (unpaired) electrons. The van der Waals surface area contributed by atoms with Gasteiger partial charge in [-0.1, -0.05) is 11.2 Å². The first-order valence-electron chi connectivity index (χ1n) is 7.66. The Morgan fingerprint density at radius 1 is 1.15 bits per heavy atom. The van der Waals surface area contributed by atoms with Crippen molar-refractivity contribution in [1.82, 2.24) is 20.1 Å². The van der Waals surface area contributed by atoms with Gasteiger partial charge in [0.25, 0.3) is 0 Å². The van der Waals surface area contributed by atoms with Crippen LogP contribution in [0, 0.1) is 5.82 Å². The molecule has 6 nitrogen and oxygen atoms in total. The van der Waals surface area contributed by atoms with Crippen LogP contribution in [0.1, 0.15) is 11.5 Å². The third-order valence-electron chi connectivity index (χ3n) is 3.72. The first-order chi connectivity index (χ1) is 12.9. The number of alkyl halides is 3. The topological polar surface area (TPSA) is 76.8 Å². The zero-order valence-corrected chi connectivity index (χ0v) is 13.4. The third kappa shape index (κ3) is 3.46. The molecule has 3 aromatic heterocycles. The van der Waals surface area contributed by atoms with Crippen molar-refractivity contribution in [2.75, 3.05) is 0 Å². The summed E-state index contributed by atoms with van der Waals surface area (Å²) in [7, 11) is 0. The molecule has 27 heavy (non-hydrogen) atoms. The predicted molar refractivity (Wildman–Crippen MR) is 85.1 cm³/mol. The van der Waals surface area contributed by atoms with E-state index in [0.29, 0.717) is 11.3 Å². The Labute approximate surface area is 148 Å². The van der Waals surface area contributed by atoms with E-state index >= 15 is 0 Å². The van der Waals surface area contributed by atoms with E-state index in [4.69, 9.17) is 4.74 Å². The highest BCUT2D eigenvalue weighted by molar-refractivity contribution is 5.76. The van der Waals surface area contributed by atoms with Gasteiger partial charge in [0.1, 0.15) is 23.8 Å². The zero-order chi connectivity index (χ0) is 19.0. The van der Waals surface area contributed by atoms with E-state index in [0.717, 1.165) is 17.1 Å². The molecule has 0 saturated carbocycles. The van der Waals surface area contributed by atoms with Crippen molar-refractivity contribution >= 4 is 11.0 Å². The Hall–Kier alpha value is -3.43. The molecule has 0 aliphatic carbocycles. The molecule has 4 rings (SSSR count). The van der Waals surface area contributed by atoms with Crippen molar-refractivity contribution in [2.45, 2.75) is 12.8 Å². The number of halogens is 4. The van der Waals surface area contributed by atoms with E-state index in [2.05, 4.69) is 24.6 Å². The Kier molecular flexibility index (Phi) is 4.02. The number of aromatic nitrogens is 4. The molecule has 0 amide bonds. The summed E-state index contributed by atoms with van der Waals surface area (Å²) in [6.45, 7) is 0.0505. The van der Waals surface area contributed by atoms with Crippen molar-refractivity contribution in [3.05, 3.63) is 60.0 Å². The number of nitrogens with zero attached hydrogens (tertiary/aromatic N) is 3. The normalized spacial score (nSPS) is 11.9. The quantitative estimate of drug-likeness (QED) is 0.534. The number of ether oxygens (including phenoxy) is 1. The summed E-state index contributed by atoms with van der Waals surface area (Å²) in [5.74, 6) is -2.30. The van der Waals surface area contributed by atoms with Gasteiger partial charge in [-0.15, -0.1) is 0 Å². The minimum absolute atomic E-state index is 0.0505. The molecular weight excluding hydrogens is 368 g/mol. The monoisotopic (exact) mass is 378 g/mol. The molecule has 10 heteroatoms. The number of hydrogen-bond acceptors (Lipinski definition) is 5. The third-order valence-corrected chi connectivity index (χ3v) is 3.72. The van der Waals surface area contributed by atoms with Gasteiger partial charge in [-0.25, -0.2) is 9.37 Å². The molecular formula is C17H10F4N4O2. The summed E-state index contributed by atoms with van der Waals surface area (Å²) in [5, 5.41) is 4.04. The van der Waals surface area contributed by atoms with Crippen molar-refractivity contribution in [3.63, 3.8) is 0 Å². The van der Waals surface area contributed by atoms with Gasteiger partial charge in [-0.05, 0) is 29.8 Å². The number of fused-ring (bicyclic) bond motifs is 1. The smallest absolute Gasteiger partial charge is 0.471 e. The van der Waals surface area contributed by atoms with Crippen LogP contribution < -0.4 is 4.74 Å². The fourth-order valence-electron chi connectivity index (χ4n) is 2.44. The van der Waals surface area contributed by atoms with Gasteiger partial charge in [-0.3, -0.25) is 0 Å². The molecule has 0 unspecified atom stereocenters. The van der Waals surface area contributed by atoms with Crippen molar-refractivity contribution in [2.24, 2.45) is 0 Å². The molecule has 0 atom stereocenters. The Morgan fingerprint density at radius 2 is 2.00 bits per heavy atom. The second-order valence-electron chi connectivity index (χ2n) is 5.61. The number of rotatable bonds is 4. The highest BCUT2D eigenvalue weighted by Gasteiger charge is 2.38. The molecule has 4 aromatic rings. The van der Waals surface area contributed by atoms with E-state index in [-0.39, 0.29) is 12.2 Å². The number of H-pyrrole nitrogens is 1. The Morgan fingerprint density at radius 3 is 2.74 bits per heavy atom. The van der Waals surface area contributed by atoms with Gasteiger partial charge in [-0.2, -0.15) is 18.2 Å². The molecule has 1 N–H and O–H groups in total. The maximum atomic E-state index is 14.3. The number of benzene rings is 1. The second kappa shape index (κ2) is 6.38. The fourth-order valence-corrected chi connectivity index (χ4v) is 2.44. The van der Waals surface area contributed by atoms with E-state index in [1.165, 1.54) is 18.3 Å².